The Balaban J connectivity index is 1.11. The molecule has 4 heteroatoms. The molecule has 0 saturated heterocycles. The molecular formula is C46H30N4. The highest BCUT2D eigenvalue weighted by Crippen LogP contribution is 2.36. The molecule has 0 amide bonds. The van der Waals surface area contributed by atoms with Crippen LogP contribution in [0.25, 0.3) is 71.6 Å². The molecular weight excluding hydrogens is 609 g/mol. The molecule has 1 atom stereocenters. The van der Waals surface area contributed by atoms with Crippen LogP contribution < -0.4 is 5.32 Å². The minimum absolute atomic E-state index is 0.0153. The second-order valence-corrected chi connectivity index (χ2v) is 12.8. The van der Waals surface area contributed by atoms with Crippen molar-refractivity contribution in [2.75, 3.05) is 0 Å². The van der Waals surface area contributed by atoms with Gasteiger partial charge in [0.2, 0.25) is 0 Å². The number of allylic oxidation sites excluding steroid dienone is 2. The maximum atomic E-state index is 5.37. The maximum Gasteiger partial charge on any atom is 0.161 e. The molecule has 1 aliphatic carbocycles. The van der Waals surface area contributed by atoms with E-state index in [2.05, 4.69) is 169 Å². The molecule has 234 valence electrons. The van der Waals surface area contributed by atoms with Gasteiger partial charge in [0, 0.05) is 33.2 Å². The molecule has 0 bridgehead atoms. The lowest BCUT2D eigenvalue weighted by Gasteiger charge is -2.28. The second-order valence-electron chi connectivity index (χ2n) is 12.8. The van der Waals surface area contributed by atoms with Crippen molar-refractivity contribution in [3.63, 3.8) is 0 Å². The van der Waals surface area contributed by atoms with Crippen LogP contribution >= 0.6 is 0 Å². The Kier molecular flexibility index (Phi) is 6.53. The topological polar surface area (TPSA) is 50.2 Å². The molecule has 1 aliphatic heterocycles. The average Bonchev–Trinajstić information content (AvgIpc) is 3.19. The Bertz CT molecular complexity index is 2780. The summed E-state index contributed by atoms with van der Waals surface area (Å²) in [5.41, 5.74) is 8.18. The van der Waals surface area contributed by atoms with Crippen LogP contribution in [0, 0.1) is 0 Å². The third-order valence-electron chi connectivity index (χ3n) is 9.90. The van der Waals surface area contributed by atoms with E-state index in [-0.39, 0.29) is 6.04 Å². The van der Waals surface area contributed by atoms with E-state index in [1.807, 2.05) is 6.07 Å². The maximum absolute atomic E-state index is 5.37. The van der Waals surface area contributed by atoms with Crippen molar-refractivity contribution in [1.29, 1.82) is 0 Å². The van der Waals surface area contributed by atoms with Gasteiger partial charge in [-0.2, -0.15) is 0 Å². The van der Waals surface area contributed by atoms with E-state index in [0.29, 0.717) is 0 Å². The second kappa shape index (κ2) is 11.5. The van der Waals surface area contributed by atoms with Crippen molar-refractivity contribution < 1.29 is 0 Å². The van der Waals surface area contributed by atoms with Gasteiger partial charge in [-0.1, -0.05) is 158 Å². The van der Waals surface area contributed by atoms with Gasteiger partial charge in [0.25, 0.3) is 0 Å². The number of aliphatic imine (C=N–C) groups is 1. The summed E-state index contributed by atoms with van der Waals surface area (Å²) in [4.78, 5) is 15.6. The first-order chi connectivity index (χ1) is 24.8. The van der Waals surface area contributed by atoms with Gasteiger partial charge in [-0.05, 0) is 44.5 Å². The normalized spacial score (nSPS) is 15.4. The summed E-state index contributed by atoms with van der Waals surface area (Å²) < 4.78 is 0. The lowest BCUT2D eigenvalue weighted by Crippen LogP contribution is -2.39. The van der Waals surface area contributed by atoms with E-state index in [4.69, 9.17) is 15.0 Å². The minimum Gasteiger partial charge on any atom is -0.359 e. The summed E-state index contributed by atoms with van der Waals surface area (Å²) in [6.45, 7) is 0. The summed E-state index contributed by atoms with van der Waals surface area (Å²) in [7, 11) is 0. The van der Waals surface area contributed by atoms with E-state index in [0.717, 1.165) is 67.2 Å². The van der Waals surface area contributed by atoms with E-state index >= 15 is 0 Å². The van der Waals surface area contributed by atoms with Gasteiger partial charge >= 0.3 is 0 Å². The highest BCUT2D eigenvalue weighted by atomic mass is 15.1. The number of para-hydroxylation sites is 1. The van der Waals surface area contributed by atoms with Gasteiger partial charge in [0.1, 0.15) is 5.84 Å². The number of benzene rings is 7. The molecule has 1 aromatic heterocycles. The fourth-order valence-electron chi connectivity index (χ4n) is 7.49. The van der Waals surface area contributed by atoms with Gasteiger partial charge in [0.05, 0.1) is 22.9 Å². The number of hydrogen-bond donors (Lipinski definition) is 1. The lowest BCUT2D eigenvalue weighted by molar-refractivity contribution is 0.830. The van der Waals surface area contributed by atoms with Crippen molar-refractivity contribution in [2.24, 2.45) is 4.99 Å². The van der Waals surface area contributed by atoms with Crippen molar-refractivity contribution in [1.82, 2.24) is 15.3 Å². The van der Waals surface area contributed by atoms with Crippen LogP contribution in [0.4, 0.5) is 0 Å². The molecule has 4 nitrogen and oxygen atoms in total. The Morgan fingerprint density at radius 3 is 2.04 bits per heavy atom. The van der Waals surface area contributed by atoms with Crippen LogP contribution in [0.15, 0.2) is 180 Å². The van der Waals surface area contributed by atoms with E-state index in [1.54, 1.807) is 0 Å². The first-order valence-corrected chi connectivity index (χ1v) is 17.0. The summed E-state index contributed by atoms with van der Waals surface area (Å²) in [6.07, 6.45) is 8.59. The molecule has 1 N–H and O–H groups in total. The van der Waals surface area contributed by atoms with Crippen molar-refractivity contribution in [2.45, 2.75) is 6.04 Å². The Labute approximate surface area is 289 Å². The molecule has 2 heterocycles. The fraction of sp³-hybridized carbons (Fsp3) is 0.0217. The number of amidine groups is 1. The summed E-state index contributed by atoms with van der Waals surface area (Å²) in [5.74, 6) is 1.60. The summed E-state index contributed by atoms with van der Waals surface area (Å²) in [6, 6.07) is 51.2. The van der Waals surface area contributed by atoms with Crippen molar-refractivity contribution >= 4 is 54.8 Å². The molecule has 0 fully saturated rings. The average molecular weight is 639 g/mol. The van der Waals surface area contributed by atoms with Crippen LogP contribution in [-0.2, 0) is 0 Å². The van der Waals surface area contributed by atoms with Crippen LogP contribution in [-0.4, -0.2) is 21.8 Å². The number of hydrogen-bond acceptors (Lipinski definition) is 4. The highest BCUT2D eigenvalue weighted by Gasteiger charge is 2.26. The molecule has 50 heavy (non-hydrogen) atoms. The smallest absolute Gasteiger partial charge is 0.161 e. The number of nitrogens with zero attached hydrogens (tertiary/aromatic N) is 3. The fourth-order valence-corrected chi connectivity index (χ4v) is 7.49. The van der Waals surface area contributed by atoms with Crippen LogP contribution in [0.3, 0.4) is 0 Å². The number of nitrogens with one attached hydrogen (secondary N) is 1. The van der Waals surface area contributed by atoms with Gasteiger partial charge in [-0.25, -0.2) is 15.0 Å². The molecule has 0 radical (unpaired) electrons. The third kappa shape index (κ3) is 4.65. The zero-order valence-corrected chi connectivity index (χ0v) is 27.1. The Morgan fingerprint density at radius 2 is 1.18 bits per heavy atom. The molecule has 0 saturated carbocycles. The Hall–Kier alpha value is -6.65. The standard InChI is InChI=1S/C46H30N4/c1-3-15-33-29(12-1)14-11-21-37(33)45-47-41-22-9-7-19-38(41)43(49-45)30-24-26-31(27-25-30)44-39-20-8-10-23-42(39)48-46(50-44)40-28-32-13-2-4-16-34(32)35-17-5-6-18-36(35)40/h1-28,42H,(H,48,50). The zero-order valence-electron chi connectivity index (χ0n) is 27.1. The third-order valence-corrected chi connectivity index (χ3v) is 9.90. The predicted molar refractivity (Wildman–Crippen MR) is 208 cm³/mol. The molecule has 1 unspecified atom stereocenters. The zero-order chi connectivity index (χ0) is 33.0. The molecule has 8 aromatic rings. The monoisotopic (exact) mass is 638 g/mol. The van der Waals surface area contributed by atoms with Crippen molar-refractivity contribution in [3.05, 3.63) is 187 Å². The van der Waals surface area contributed by atoms with Gasteiger partial charge in [-0.15, -0.1) is 0 Å². The summed E-state index contributed by atoms with van der Waals surface area (Å²) >= 11 is 0. The molecule has 7 aromatic carbocycles. The number of rotatable bonds is 4. The van der Waals surface area contributed by atoms with Gasteiger partial charge in [0.15, 0.2) is 5.82 Å². The van der Waals surface area contributed by atoms with Gasteiger partial charge < -0.3 is 5.32 Å². The largest absolute Gasteiger partial charge is 0.359 e. The lowest BCUT2D eigenvalue weighted by atomic mass is 9.92. The number of fused-ring (bicyclic) bond motifs is 6. The van der Waals surface area contributed by atoms with Crippen LogP contribution in [0.5, 0.6) is 0 Å². The highest BCUT2D eigenvalue weighted by molar-refractivity contribution is 6.20. The first kappa shape index (κ1) is 28.4. The predicted octanol–water partition coefficient (Wildman–Crippen LogP) is 10.7. The van der Waals surface area contributed by atoms with Crippen molar-refractivity contribution in [3.8, 4) is 22.6 Å². The minimum atomic E-state index is 0.0153. The molecule has 2 aliphatic rings. The molecule has 0 spiro atoms. The first-order valence-electron chi connectivity index (χ1n) is 17.0. The van der Waals surface area contributed by atoms with Crippen LogP contribution in [0.2, 0.25) is 0 Å². The van der Waals surface area contributed by atoms with E-state index in [1.165, 1.54) is 26.9 Å². The SMILES string of the molecule is C1=CC2=C(c3ccc(-c4nc(-c5cccc6ccccc56)nc5ccccc45)cc3)N=C(c3cc4ccccc4c4ccccc34)NC2C=C1. The Morgan fingerprint density at radius 1 is 0.500 bits per heavy atom. The van der Waals surface area contributed by atoms with E-state index in [9.17, 15) is 0 Å². The van der Waals surface area contributed by atoms with Crippen LogP contribution in [0.1, 0.15) is 11.1 Å². The molecule has 10 rings (SSSR count). The quantitative estimate of drug-likeness (QED) is 0.195. The van der Waals surface area contributed by atoms with E-state index < -0.39 is 0 Å². The summed E-state index contributed by atoms with van der Waals surface area (Å²) in [5, 5.41) is 12.0. The number of aromatic nitrogens is 2. The van der Waals surface area contributed by atoms with Gasteiger partial charge in [-0.3, -0.25) is 0 Å².